The van der Waals surface area contributed by atoms with E-state index in [2.05, 4.69) is 74.4 Å². The number of rotatable bonds is 5. The van der Waals surface area contributed by atoms with Gasteiger partial charge in [-0.15, -0.1) is 0 Å². The molecule has 1 aliphatic heterocycles. The van der Waals surface area contributed by atoms with E-state index in [-0.39, 0.29) is 0 Å². The van der Waals surface area contributed by atoms with Crippen LogP contribution in [-0.4, -0.2) is 47.0 Å². The van der Waals surface area contributed by atoms with Gasteiger partial charge in [0.2, 0.25) is 0 Å². The van der Waals surface area contributed by atoms with Crippen LogP contribution in [0.3, 0.4) is 0 Å². The number of anilines is 1. The molecular formula is C25H25N5O. The first-order valence-corrected chi connectivity index (χ1v) is 10.6. The summed E-state index contributed by atoms with van der Waals surface area (Å²) in [7, 11) is 0. The monoisotopic (exact) mass is 411 g/mol. The normalized spacial score (nSPS) is 14.8. The van der Waals surface area contributed by atoms with Crippen LogP contribution in [0.25, 0.3) is 22.4 Å². The third kappa shape index (κ3) is 4.02. The molecule has 5 rings (SSSR count). The Kier molecular flexibility index (Phi) is 5.14. The minimum atomic E-state index is -0.467. The molecule has 2 heterocycles. The standard InChI is InChI=1S/C25H25N5O/c26-24(31)21-7-4-8-22-23(21)28-25(27-22)19-9-11-20(12-10-19)30-15-13-29(14-16-30)17-18-5-2-1-3-6-18/h1-12H,13-17H2,(H2,26,31)(H,27,28). The molecule has 0 unspecified atom stereocenters. The summed E-state index contributed by atoms with van der Waals surface area (Å²) in [6.07, 6.45) is 0. The van der Waals surface area contributed by atoms with Crippen molar-refractivity contribution >= 4 is 22.6 Å². The van der Waals surface area contributed by atoms with Gasteiger partial charge in [-0.3, -0.25) is 9.69 Å². The Bertz CT molecular complexity index is 1190. The number of benzene rings is 3. The maximum absolute atomic E-state index is 11.7. The van der Waals surface area contributed by atoms with E-state index in [1.807, 2.05) is 12.1 Å². The first-order valence-electron chi connectivity index (χ1n) is 10.6. The number of para-hydroxylation sites is 1. The Hall–Kier alpha value is -3.64. The SMILES string of the molecule is NC(=O)c1cccc2[nH]c(-c3ccc(N4CCN(Cc5ccccc5)CC4)cc3)nc12. The molecule has 0 saturated carbocycles. The number of fused-ring (bicyclic) bond motifs is 1. The van der Waals surface area contributed by atoms with E-state index in [9.17, 15) is 4.79 Å². The van der Waals surface area contributed by atoms with Crippen molar-refractivity contribution in [3.05, 3.63) is 83.9 Å². The van der Waals surface area contributed by atoms with E-state index in [4.69, 9.17) is 5.73 Å². The number of piperazine rings is 1. The van der Waals surface area contributed by atoms with Gasteiger partial charge in [-0.2, -0.15) is 0 Å². The molecule has 0 bridgehead atoms. The quantitative estimate of drug-likeness (QED) is 0.525. The Morgan fingerprint density at radius 2 is 1.65 bits per heavy atom. The second kappa shape index (κ2) is 8.24. The lowest BCUT2D eigenvalue weighted by Crippen LogP contribution is -2.45. The van der Waals surface area contributed by atoms with Gasteiger partial charge in [0.05, 0.1) is 11.1 Å². The van der Waals surface area contributed by atoms with Crippen molar-refractivity contribution in [1.29, 1.82) is 0 Å². The molecule has 0 spiro atoms. The Balaban J connectivity index is 1.27. The number of hydrogen-bond donors (Lipinski definition) is 2. The van der Waals surface area contributed by atoms with Gasteiger partial charge in [0, 0.05) is 44.0 Å². The zero-order valence-corrected chi connectivity index (χ0v) is 17.3. The zero-order valence-electron chi connectivity index (χ0n) is 17.3. The van der Waals surface area contributed by atoms with Crippen molar-refractivity contribution in [2.45, 2.75) is 6.54 Å². The van der Waals surface area contributed by atoms with Crippen LogP contribution in [0, 0.1) is 0 Å². The number of carbonyl (C=O) groups is 1. The van der Waals surface area contributed by atoms with Crippen molar-refractivity contribution in [3.8, 4) is 11.4 Å². The van der Waals surface area contributed by atoms with Gasteiger partial charge in [-0.1, -0.05) is 36.4 Å². The van der Waals surface area contributed by atoms with Crippen LogP contribution < -0.4 is 10.6 Å². The van der Waals surface area contributed by atoms with Gasteiger partial charge in [-0.25, -0.2) is 4.98 Å². The molecule has 31 heavy (non-hydrogen) atoms. The lowest BCUT2D eigenvalue weighted by Gasteiger charge is -2.36. The summed E-state index contributed by atoms with van der Waals surface area (Å²) in [5.74, 6) is 0.272. The number of imidazole rings is 1. The van der Waals surface area contributed by atoms with Gasteiger partial charge in [-0.05, 0) is 42.0 Å². The lowest BCUT2D eigenvalue weighted by atomic mass is 10.1. The number of amides is 1. The van der Waals surface area contributed by atoms with E-state index in [1.54, 1.807) is 6.07 Å². The highest BCUT2D eigenvalue weighted by Gasteiger charge is 2.18. The van der Waals surface area contributed by atoms with Gasteiger partial charge in [0.1, 0.15) is 11.3 Å². The number of hydrogen-bond acceptors (Lipinski definition) is 4. The molecule has 3 aromatic carbocycles. The summed E-state index contributed by atoms with van der Waals surface area (Å²) in [6, 6.07) is 24.5. The highest BCUT2D eigenvalue weighted by atomic mass is 16.1. The molecule has 1 amide bonds. The Labute approximate surface area is 181 Å². The fraction of sp³-hybridized carbons (Fsp3) is 0.200. The number of primary amides is 1. The van der Waals surface area contributed by atoms with Crippen LogP contribution in [0.2, 0.25) is 0 Å². The minimum absolute atomic E-state index is 0.435. The van der Waals surface area contributed by atoms with Gasteiger partial charge < -0.3 is 15.6 Å². The fourth-order valence-corrected chi connectivity index (χ4v) is 4.20. The molecule has 1 aliphatic rings. The van der Waals surface area contributed by atoms with Crippen molar-refractivity contribution in [1.82, 2.24) is 14.9 Å². The van der Waals surface area contributed by atoms with Crippen LogP contribution in [-0.2, 0) is 6.54 Å². The van der Waals surface area contributed by atoms with Crippen LogP contribution in [0.4, 0.5) is 5.69 Å². The largest absolute Gasteiger partial charge is 0.369 e. The molecule has 0 atom stereocenters. The van der Waals surface area contributed by atoms with Crippen LogP contribution in [0.1, 0.15) is 15.9 Å². The first kappa shape index (κ1) is 19.3. The number of H-pyrrole nitrogens is 1. The van der Waals surface area contributed by atoms with Crippen LogP contribution in [0.5, 0.6) is 0 Å². The first-order chi connectivity index (χ1) is 15.2. The third-order valence-corrected chi connectivity index (χ3v) is 5.91. The number of carbonyl (C=O) groups excluding carboxylic acids is 1. The fourth-order valence-electron chi connectivity index (χ4n) is 4.20. The van der Waals surface area contributed by atoms with E-state index >= 15 is 0 Å². The highest BCUT2D eigenvalue weighted by molar-refractivity contribution is 6.04. The van der Waals surface area contributed by atoms with Gasteiger partial charge in [0.25, 0.3) is 5.91 Å². The zero-order chi connectivity index (χ0) is 21.2. The second-order valence-electron chi connectivity index (χ2n) is 7.95. The predicted octanol–water partition coefficient (Wildman–Crippen LogP) is 3.65. The highest BCUT2D eigenvalue weighted by Crippen LogP contribution is 2.25. The molecule has 0 radical (unpaired) electrons. The van der Waals surface area contributed by atoms with Gasteiger partial charge >= 0.3 is 0 Å². The number of nitrogens with one attached hydrogen (secondary N) is 1. The summed E-state index contributed by atoms with van der Waals surface area (Å²) in [5, 5.41) is 0. The summed E-state index contributed by atoms with van der Waals surface area (Å²) in [6.45, 7) is 5.14. The predicted molar refractivity (Wildman–Crippen MR) is 124 cm³/mol. The van der Waals surface area contributed by atoms with Crippen molar-refractivity contribution in [2.75, 3.05) is 31.1 Å². The molecular weight excluding hydrogens is 386 g/mol. The average Bonchev–Trinajstić information content (AvgIpc) is 3.25. The summed E-state index contributed by atoms with van der Waals surface area (Å²) in [4.78, 5) is 24.5. The lowest BCUT2D eigenvalue weighted by molar-refractivity contribution is 0.100. The smallest absolute Gasteiger partial charge is 0.250 e. The molecule has 1 fully saturated rings. The second-order valence-corrected chi connectivity index (χ2v) is 7.95. The summed E-state index contributed by atoms with van der Waals surface area (Å²) >= 11 is 0. The summed E-state index contributed by atoms with van der Waals surface area (Å²) in [5.41, 5.74) is 10.9. The molecule has 0 aliphatic carbocycles. The van der Waals surface area contributed by atoms with E-state index in [1.165, 1.54) is 11.3 Å². The number of nitrogens with two attached hydrogens (primary N) is 1. The van der Waals surface area contributed by atoms with Crippen molar-refractivity contribution in [2.24, 2.45) is 5.73 Å². The maximum Gasteiger partial charge on any atom is 0.250 e. The van der Waals surface area contributed by atoms with E-state index in [0.717, 1.165) is 49.6 Å². The maximum atomic E-state index is 11.7. The topological polar surface area (TPSA) is 78.2 Å². The summed E-state index contributed by atoms with van der Waals surface area (Å²) < 4.78 is 0. The van der Waals surface area contributed by atoms with Crippen LogP contribution in [0.15, 0.2) is 72.8 Å². The number of aromatic nitrogens is 2. The molecule has 3 N–H and O–H groups in total. The van der Waals surface area contributed by atoms with Crippen molar-refractivity contribution in [3.63, 3.8) is 0 Å². The molecule has 6 nitrogen and oxygen atoms in total. The molecule has 1 aromatic heterocycles. The van der Waals surface area contributed by atoms with Crippen molar-refractivity contribution < 1.29 is 4.79 Å². The van der Waals surface area contributed by atoms with E-state index < -0.39 is 5.91 Å². The Morgan fingerprint density at radius 1 is 0.903 bits per heavy atom. The molecule has 156 valence electrons. The molecule has 1 saturated heterocycles. The molecule has 6 heteroatoms. The Morgan fingerprint density at radius 3 is 2.35 bits per heavy atom. The third-order valence-electron chi connectivity index (χ3n) is 5.91. The minimum Gasteiger partial charge on any atom is -0.369 e. The van der Waals surface area contributed by atoms with Gasteiger partial charge in [0.15, 0.2) is 0 Å². The number of aromatic amines is 1. The number of nitrogens with zero attached hydrogens (tertiary/aromatic N) is 3. The van der Waals surface area contributed by atoms with E-state index in [0.29, 0.717) is 11.1 Å². The average molecular weight is 412 g/mol. The van der Waals surface area contributed by atoms with Crippen LogP contribution >= 0.6 is 0 Å². The molecule has 4 aromatic rings.